The highest BCUT2D eigenvalue weighted by atomic mass is 35.5. The summed E-state index contributed by atoms with van der Waals surface area (Å²) in [5, 5.41) is 6.05. The average molecular weight is 502 g/mol. The van der Waals surface area contributed by atoms with Crippen LogP contribution in [0.15, 0.2) is 24.4 Å². The number of nitrogens with zero attached hydrogens (tertiary/aromatic N) is 6. The summed E-state index contributed by atoms with van der Waals surface area (Å²) in [5.74, 6) is 1.53. The Morgan fingerprint density at radius 1 is 1.06 bits per heavy atom. The molecule has 2 aliphatic rings. The number of likely N-dealkylation sites (tertiary alicyclic amines) is 1. The summed E-state index contributed by atoms with van der Waals surface area (Å²) in [7, 11) is 0. The zero-order valence-corrected chi connectivity index (χ0v) is 21.9. The summed E-state index contributed by atoms with van der Waals surface area (Å²) >= 11 is 12.6. The van der Waals surface area contributed by atoms with Crippen LogP contribution >= 0.6 is 23.2 Å². The number of fused-ring (bicyclic) bond motifs is 1. The van der Waals surface area contributed by atoms with Crippen LogP contribution in [0.3, 0.4) is 0 Å². The van der Waals surface area contributed by atoms with Gasteiger partial charge in [0.1, 0.15) is 11.3 Å². The quantitative estimate of drug-likeness (QED) is 0.430. The lowest BCUT2D eigenvalue weighted by Gasteiger charge is -2.42. The molecule has 0 aliphatic carbocycles. The lowest BCUT2D eigenvalue weighted by Crippen LogP contribution is -2.50. The van der Waals surface area contributed by atoms with Crippen LogP contribution in [0.1, 0.15) is 63.3 Å². The standard InChI is InChI=1S/C26H34Cl2N6/c1-17-16-33(13-10-23(17)32-11-6-4-5-7-12-32)24-15-29-25-18(2)31-34(26(25)30-24)19(3)21-9-8-20(27)14-22(21)28/h8-9,14-15,17,19,23H,4-7,10-13,16H2,1-3H3/t17-,19-,23+/m1/s1. The van der Waals surface area contributed by atoms with Gasteiger partial charge in [0.15, 0.2) is 5.65 Å². The normalized spacial score (nSPS) is 23.3. The molecule has 5 rings (SSSR count). The van der Waals surface area contributed by atoms with Crippen LogP contribution in [0.4, 0.5) is 5.82 Å². The van der Waals surface area contributed by atoms with E-state index in [0.29, 0.717) is 22.0 Å². The number of halogens is 2. The molecule has 182 valence electrons. The highest BCUT2D eigenvalue weighted by molar-refractivity contribution is 6.35. The largest absolute Gasteiger partial charge is 0.355 e. The predicted molar refractivity (Wildman–Crippen MR) is 140 cm³/mol. The highest BCUT2D eigenvalue weighted by Crippen LogP contribution is 2.32. The summed E-state index contributed by atoms with van der Waals surface area (Å²) in [4.78, 5) is 15.0. The predicted octanol–water partition coefficient (Wildman–Crippen LogP) is 6.14. The fourth-order valence-corrected chi connectivity index (χ4v) is 6.31. The van der Waals surface area contributed by atoms with Gasteiger partial charge in [0.2, 0.25) is 0 Å². The Bertz CT molecular complexity index is 1150. The van der Waals surface area contributed by atoms with Gasteiger partial charge >= 0.3 is 0 Å². The molecular weight excluding hydrogens is 467 g/mol. The Kier molecular flexibility index (Phi) is 7.01. The van der Waals surface area contributed by atoms with Gasteiger partial charge in [0.25, 0.3) is 0 Å². The number of aryl methyl sites for hydroxylation is 1. The third kappa shape index (κ3) is 4.65. The summed E-state index contributed by atoms with van der Waals surface area (Å²) < 4.78 is 1.95. The second-order valence-corrected chi connectivity index (χ2v) is 10.8. The molecule has 1 aromatic carbocycles. The van der Waals surface area contributed by atoms with Crippen LogP contribution in [0.5, 0.6) is 0 Å². The zero-order valence-electron chi connectivity index (χ0n) is 20.3. The number of benzene rings is 1. The summed E-state index contributed by atoms with van der Waals surface area (Å²) in [5.41, 5.74) is 3.48. The molecule has 0 bridgehead atoms. The molecule has 2 aliphatic heterocycles. The van der Waals surface area contributed by atoms with Crippen LogP contribution < -0.4 is 4.90 Å². The van der Waals surface area contributed by atoms with Gasteiger partial charge in [-0.2, -0.15) is 5.10 Å². The third-order valence-corrected chi connectivity index (χ3v) is 8.19. The Morgan fingerprint density at radius 3 is 2.53 bits per heavy atom. The minimum atomic E-state index is -0.0850. The van der Waals surface area contributed by atoms with E-state index in [0.717, 1.165) is 41.3 Å². The molecule has 2 saturated heterocycles. The minimum Gasteiger partial charge on any atom is -0.355 e. The molecular formula is C26H34Cl2N6. The van der Waals surface area contributed by atoms with Gasteiger partial charge in [-0.15, -0.1) is 0 Å². The van der Waals surface area contributed by atoms with Gasteiger partial charge in [-0.3, -0.25) is 4.90 Å². The van der Waals surface area contributed by atoms with E-state index in [1.165, 1.54) is 45.2 Å². The van der Waals surface area contributed by atoms with E-state index in [1.807, 2.05) is 29.9 Å². The Morgan fingerprint density at radius 2 is 1.82 bits per heavy atom. The van der Waals surface area contributed by atoms with E-state index < -0.39 is 0 Å². The number of rotatable bonds is 4. The number of hydrogen-bond donors (Lipinski definition) is 0. The van der Waals surface area contributed by atoms with Gasteiger partial charge in [-0.05, 0) is 69.8 Å². The summed E-state index contributed by atoms with van der Waals surface area (Å²) in [6, 6.07) is 6.19. The summed E-state index contributed by atoms with van der Waals surface area (Å²) in [6.07, 6.45) is 8.54. The lowest BCUT2D eigenvalue weighted by atomic mass is 9.92. The van der Waals surface area contributed by atoms with E-state index >= 15 is 0 Å². The molecule has 8 heteroatoms. The molecule has 34 heavy (non-hydrogen) atoms. The van der Waals surface area contributed by atoms with Gasteiger partial charge in [0.05, 0.1) is 17.9 Å². The maximum atomic E-state index is 6.52. The SMILES string of the molecule is Cc1nn([C@H](C)c2ccc(Cl)cc2Cl)c2nc(N3CC[C@H](N4CCCCCC4)[C@H](C)C3)cnc12. The second-order valence-electron chi connectivity index (χ2n) is 10.0. The number of aromatic nitrogens is 4. The Labute approximate surface area is 212 Å². The molecule has 2 aromatic heterocycles. The molecule has 4 heterocycles. The smallest absolute Gasteiger partial charge is 0.179 e. The third-order valence-electron chi connectivity index (χ3n) is 7.63. The first kappa shape index (κ1) is 23.8. The van der Waals surface area contributed by atoms with Gasteiger partial charge in [-0.25, -0.2) is 14.6 Å². The van der Waals surface area contributed by atoms with Crippen molar-refractivity contribution in [1.82, 2.24) is 24.6 Å². The van der Waals surface area contributed by atoms with E-state index in [1.54, 1.807) is 6.07 Å². The fraction of sp³-hybridized carbons (Fsp3) is 0.577. The van der Waals surface area contributed by atoms with E-state index in [4.69, 9.17) is 38.3 Å². The number of anilines is 1. The van der Waals surface area contributed by atoms with Crippen molar-refractivity contribution in [3.63, 3.8) is 0 Å². The van der Waals surface area contributed by atoms with Crippen molar-refractivity contribution in [2.45, 2.75) is 65.0 Å². The molecule has 0 amide bonds. The number of hydrogen-bond acceptors (Lipinski definition) is 5. The average Bonchev–Trinajstić information content (AvgIpc) is 2.98. The fourth-order valence-electron chi connectivity index (χ4n) is 5.75. The van der Waals surface area contributed by atoms with Gasteiger partial charge < -0.3 is 4.90 Å². The van der Waals surface area contributed by atoms with Gasteiger partial charge in [0, 0.05) is 29.2 Å². The van der Waals surface area contributed by atoms with Crippen molar-refractivity contribution in [2.24, 2.45) is 5.92 Å². The lowest BCUT2D eigenvalue weighted by molar-refractivity contribution is 0.132. The Hall–Kier alpha value is -1.89. The van der Waals surface area contributed by atoms with E-state index in [9.17, 15) is 0 Å². The molecule has 0 spiro atoms. The van der Waals surface area contributed by atoms with Crippen molar-refractivity contribution in [1.29, 1.82) is 0 Å². The van der Waals surface area contributed by atoms with Crippen LogP contribution in [-0.2, 0) is 0 Å². The minimum absolute atomic E-state index is 0.0850. The first-order valence-corrected chi connectivity index (χ1v) is 13.3. The van der Waals surface area contributed by atoms with E-state index in [-0.39, 0.29) is 6.04 Å². The van der Waals surface area contributed by atoms with E-state index in [2.05, 4.69) is 23.6 Å². The Balaban J connectivity index is 1.40. The van der Waals surface area contributed by atoms with Crippen LogP contribution in [-0.4, -0.2) is 56.9 Å². The van der Waals surface area contributed by atoms with Crippen molar-refractivity contribution >= 4 is 40.2 Å². The molecule has 0 unspecified atom stereocenters. The molecule has 2 fully saturated rings. The van der Waals surface area contributed by atoms with Gasteiger partial charge in [-0.1, -0.05) is 49.0 Å². The monoisotopic (exact) mass is 500 g/mol. The first-order valence-electron chi connectivity index (χ1n) is 12.6. The van der Waals surface area contributed by atoms with Crippen molar-refractivity contribution < 1.29 is 0 Å². The maximum absolute atomic E-state index is 6.52. The van der Waals surface area contributed by atoms with Crippen LogP contribution in [0, 0.1) is 12.8 Å². The maximum Gasteiger partial charge on any atom is 0.179 e. The molecule has 3 atom stereocenters. The number of piperidine rings is 1. The molecule has 3 aromatic rings. The topological polar surface area (TPSA) is 50.1 Å². The van der Waals surface area contributed by atoms with Crippen molar-refractivity contribution in [3.05, 3.63) is 45.7 Å². The summed E-state index contributed by atoms with van der Waals surface area (Å²) in [6.45, 7) is 11.0. The molecule has 0 radical (unpaired) electrons. The van der Waals surface area contributed by atoms with Crippen LogP contribution in [0.25, 0.3) is 11.2 Å². The molecule has 0 N–H and O–H groups in total. The first-order chi connectivity index (χ1) is 16.4. The highest BCUT2D eigenvalue weighted by Gasteiger charge is 2.32. The van der Waals surface area contributed by atoms with Crippen molar-refractivity contribution in [2.75, 3.05) is 31.1 Å². The zero-order chi connectivity index (χ0) is 23.8. The molecule has 6 nitrogen and oxygen atoms in total. The van der Waals surface area contributed by atoms with Crippen molar-refractivity contribution in [3.8, 4) is 0 Å². The second kappa shape index (κ2) is 10.00. The molecule has 0 saturated carbocycles. The van der Waals surface area contributed by atoms with Crippen LogP contribution in [0.2, 0.25) is 10.0 Å².